The Kier molecular flexibility index (Phi) is 2.74. The van der Waals surface area contributed by atoms with E-state index in [0.717, 1.165) is 0 Å². The van der Waals surface area contributed by atoms with Gasteiger partial charge in [0.05, 0.1) is 12.7 Å². The molecule has 3 N–H and O–H groups in total. The Labute approximate surface area is 81.0 Å². The molecule has 2 heterocycles. The van der Waals surface area contributed by atoms with Crippen molar-refractivity contribution in [3.63, 3.8) is 0 Å². The molecule has 82 valence electrons. The molecule has 6 nitrogen and oxygen atoms in total. The van der Waals surface area contributed by atoms with Crippen molar-refractivity contribution in [2.75, 3.05) is 6.61 Å². The lowest BCUT2D eigenvalue weighted by atomic mass is 9.98. The smallest absolute Gasteiger partial charge is 0.272 e. The maximum Gasteiger partial charge on any atom is 0.272 e. The molecule has 0 saturated carbocycles. The van der Waals surface area contributed by atoms with Crippen LogP contribution in [0.5, 0.6) is 0 Å². The van der Waals surface area contributed by atoms with Gasteiger partial charge in [0.1, 0.15) is 24.4 Å². The Morgan fingerprint density at radius 1 is 1.07 bits per heavy atom. The molecule has 6 unspecified atom stereocenters. The number of hydrogen-bond acceptors (Lipinski definition) is 6. The van der Waals surface area contributed by atoms with Crippen LogP contribution < -0.4 is 0 Å². The first kappa shape index (κ1) is 10.3. The molecule has 0 amide bonds. The van der Waals surface area contributed by atoms with Gasteiger partial charge in [0.2, 0.25) is 0 Å². The molecule has 6 heteroatoms. The first-order valence-corrected chi connectivity index (χ1v) is 4.57. The fraction of sp³-hybridized carbons (Fsp3) is 1.00. The molecule has 0 aromatic rings. The van der Waals surface area contributed by atoms with E-state index in [0.29, 0.717) is 0 Å². The van der Waals surface area contributed by atoms with Gasteiger partial charge >= 0.3 is 0 Å². The Hall–Kier alpha value is -0.240. The normalized spacial score (nSPS) is 53.1. The monoisotopic (exact) mass is 206 g/mol. The van der Waals surface area contributed by atoms with Gasteiger partial charge in [-0.05, 0) is 6.92 Å². The van der Waals surface area contributed by atoms with Crippen molar-refractivity contribution in [1.82, 2.24) is 0 Å². The topological polar surface area (TPSA) is 88.4 Å². The SMILES string of the molecule is CC1OC2OC(CO)C(O)C(O2)C1O. The van der Waals surface area contributed by atoms with E-state index in [2.05, 4.69) is 0 Å². The van der Waals surface area contributed by atoms with Gasteiger partial charge in [0.15, 0.2) is 0 Å². The van der Waals surface area contributed by atoms with Crippen LogP contribution in [0.25, 0.3) is 0 Å². The summed E-state index contributed by atoms with van der Waals surface area (Å²) >= 11 is 0. The number of aliphatic hydroxyl groups excluding tert-OH is 3. The largest absolute Gasteiger partial charge is 0.394 e. The van der Waals surface area contributed by atoms with Crippen molar-refractivity contribution in [2.24, 2.45) is 0 Å². The lowest BCUT2D eigenvalue weighted by molar-refractivity contribution is -0.430. The van der Waals surface area contributed by atoms with Crippen LogP contribution in [-0.4, -0.2) is 58.9 Å². The van der Waals surface area contributed by atoms with Crippen LogP contribution in [0.4, 0.5) is 0 Å². The van der Waals surface area contributed by atoms with E-state index in [9.17, 15) is 10.2 Å². The first-order chi connectivity index (χ1) is 6.63. The van der Waals surface area contributed by atoms with Gasteiger partial charge in [0.25, 0.3) is 6.48 Å². The molecule has 2 aliphatic heterocycles. The highest BCUT2D eigenvalue weighted by Crippen LogP contribution is 2.29. The van der Waals surface area contributed by atoms with Crippen LogP contribution >= 0.6 is 0 Å². The zero-order valence-electron chi connectivity index (χ0n) is 7.74. The highest BCUT2D eigenvalue weighted by Gasteiger charge is 2.48. The molecule has 0 radical (unpaired) electrons. The van der Waals surface area contributed by atoms with E-state index in [1.807, 2.05) is 0 Å². The Morgan fingerprint density at radius 3 is 2.43 bits per heavy atom. The third-order valence-electron chi connectivity index (χ3n) is 2.59. The van der Waals surface area contributed by atoms with Crippen LogP contribution in [0.3, 0.4) is 0 Å². The third-order valence-corrected chi connectivity index (χ3v) is 2.59. The van der Waals surface area contributed by atoms with Gasteiger partial charge in [-0.2, -0.15) is 0 Å². The number of rotatable bonds is 1. The fourth-order valence-electron chi connectivity index (χ4n) is 1.70. The summed E-state index contributed by atoms with van der Waals surface area (Å²) in [5.74, 6) is 0. The summed E-state index contributed by atoms with van der Waals surface area (Å²) in [5.41, 5.74) is 0. The van der Waals surface area contributed by atoms with Gasteiger partial charge < -0.3 is 29.5 Å². The van der Waals surface area contributed by atoms with E-state index >= 15 is 0 Å². The maximum absolute atomic E-state index is 9.64. The summed E-state index contributed by atoms with van der Waals surface area (Å²) in [6.07, 6.45) is -3.90. The molecule has 2 fully saturated rings. The van der Waals surface area contributed by atoms with Gasteiger partial charge in [-0.25, -0.2) is 0 Å². The maximum atomic E-state index is 9.64. The van der Waals surface area contributed by atoms with Crippen molar-refractivity contribution in [3.8, 4) is 0 Å². The highest BCUT2D eigenvalue weighted by molar-refractivity contribution is 4.90. The van der Waals surface area contributed by atoms with E-state index < -0.39 is 37.0 Å². The Morgan fingerprint density at radius 2 is 1.79 bits per heavy atom. The quantitative estimate of drug-likeness (QED) is 0.468. The number of fused-ring (bicyclic) bond motifs is 2. The molecule has 0 aromatic heterocycles. The number of aliphatic hydroxyl groups is 3. The van der Waals surface area contributed by atoms with Crippen LogP contribution in [0.2, 0.25) is 0 Å². The molecule has 2 saturated heterocycles. The fourth-order valence-corrected chi connectivity index (χ4v) is 1.70. The van der Waals surface area contributed by atoms with E-state index in [1.54, 1.807) is 6.92 Å². The lowest BCUT2D eigenvalue weighted by Gasteiger charge is -2.46. The minimum absolute atomic E-state index is 0.331. The molecule has 0 aliphatic carbocycles. The predicted octanol–water partition coefficient (Wildman–Crippen LogP) is -1.81. The van der Waals surface area contributed by atoms with Crippen LogP contribution in [-0.2, 0) is 14.2 Å². The molecule has 0 aromatic carbocycles. The third kappa shape index (κ3) is 1.54. The Bertz CT molecular complexity index is 208. The number of ether oxygens (including phenoxy) is 3. The molecular formula is C8H14O6. The summed E-state index contributed by atoms with van der Waals surface area (Å²) in [7, 11) is 0. The average Bonchev–Trinajstić information content (AvgIpc) is 2.18. The van der Waals surface area contributed by atoms with Crippen molar-refractivity contribution in [1.29, 1.82) is 0 Å². The predicted molar refractivity (Wildman–Crippen MR) is 43.2 cm³/mol. The first-order valence-electron chi connectivity index (χ1n) is 4.57. The molecule has 2 aliphatic rings. The summed E-state index contributed by atoms with van der Waals surface area (Å²) in [4.78, 5) is 0. The van der Waals surface area contributed by atoms with Crippen LogP contribution in [0.15, 0.2) is 0 Å². The van der Waals surface area contributed by atoms with Gasteiger partial charge in [-0.1, -0.05) is 0 Å². The zero-order chi connectivity index (χ0) is 10.3. The van der Waals surface area contributed by atoms with Crippen molar-refractivity contribution >= 4 is 0 Å². The summed E-state index contributed by atoms with van der Waals surface area (Å²) in [6, 6.07) is 0. The van der Waals surface area contributed by atoms with Gasteiger partial charge in [-0.3, -0.25) is 0 Å². The second kappa shape index (κ2) is 3.73. The van der Waals surface area contributed by atoms with Crippen LogP contribution in [0.1, 0.15) is 6.92 Å². The molecule has 2 rings (SSSR count). The van der Waals surface area contributed by atoms with Gasteiger partial charge in [-0.15, -0.1) is 0 Å². The highest BCUT2D eigenvalue weighted by atomic mass is 16.9. The van der Waals surface area contributed by atoms with E-state index in [-0.39, 0.29) is 6.61 Å². The molecule has 2 bridgehead atoms. The second-order valence-electron chi connectivity index (χ2n) is 3.57. The van der Waals surface area contributed by atoms with E-state index in [1.165, 1.54) is 0 Å². The average molecular weight is 206 g/mol. The molecular weight excluding hydrogens is 192 g/mol. The molecule has 6 atom stereocenters. The number of hydrogen-bond donors (Lipinski definition) is 3. The minimum atomic E-state index is -1.03. The summed E-state index contributed by atoms with van der Waals surface area (Å²) in [6.45, 7) is 0.434. The molecule has 14 heavy (non-hydrogen) atoms. The second-order valence-corrected chi connectivity index (χ2v) is 3.57. The Balaban J connectivity index is 2.12. The summed E-state index contributed by atoms with van der Waals surface area (Å²) in [5, 5.41) is 28.2. The summed E-state index contributed by atoms with van der Waals surface area (Å²) < 4.78 is 15.3. The zero-order valence-corrected chi connectivity index (χ0v) is 7.74. The standard InChI is InChI=1S/C8H14O6/c1-3-5(10)7-6(11)4(2-9)13-8(12-3)14-7/h3-11H,2H2,1H3. The van der Waals surface area contributed by atoms with Crippen LogP contribution in [0, 0.1) is 0 Å². The molecule has 0 spiro atoms. The van der Waals surface area contributed by atoms with Crippen molar-refractivity contribution in [2.45, 2.75) is 43.9 Å². The minimum Gasteiger partial charge on any atom is -0.394 e. The lowest BCUT2D eigenvalue weighted by Crippen LogP contribution is -2.63. The van der Waals surface area contributed by atoms with E-state index in [4.69, 9.17) is 19.3 Å². The van der Waals surface area contributed by atoms with Crippen molar-refractivity contribution in [3.05, 3.63) is 0 Å². The van der Waals surface area contributed by atoms with Gasteiger partial charge in [0, 0.05) is 0 Å². The van der Waals surface area contributed by atoms with Crippen molar-refractivity contribution < 1.29 is 29.5 Å².